The Labute approximate surface area is 426 Å². The maximum Gasteiger partial charge on any atom is 0.306 e. The van der Waals surface area contributed by atoms with Crippen molar-refractivity contribution in [3.63, 3.8) is 0 Å². The second-order valence-electron chi connectivity index (χ2n) is 18.3. The lowest BCUT2D eigenvalue weighted by Crippen LogP contribution is -2.61. The molecule has 2 heterocycles. The summed E-state index contributed by atoms with van der Waals surface area (Å²) in [4.78, 5) is 13.0. The Kier molecular flexibility index (Phi) is 39.1. The highest BCUT2D eigenvalue weighted by atomic mass is 16.7. The van der Waals surface area contributed by atoms with E-state index in [2.05, 4.69) is 105 Å². The molecule has 406 valence electrons. The van der Waals surface area contributed by atoms with Crippen LogP contribution in [-0.4, -0.2) is 142 Å². The molecule has 2 rings (SSSR count). The van der Waals surface area contributed by atoms with Gasteiger partial charge in [-0.1, -0.05) is 156 Å². The largest absolute Gasteiger partial charge is 0.457 e. The molecule has 0 amide bonds. The molecule has 0 aromatic heterocycles. The molecule has 0 aromatic carbocycles. The first-order chi connectivity index (χ1) is 34.6. The first kappa shape index (κ1) is 64.0. The van der Waals surface area contributed by atoms with Gasteiger partial charge in [-0.2, -0.15) is 0 Å². The highest BCUT2D eigenvalue weighted by Gasteiger charge is 2.47. The number of esters is 1. The van der Waals surface area contributed by atoms with Gasteiger partial charge in [0.15, 0.2) is 12.6 Å². The Hall–Kier alpha value is -3.09. The minimum absolute atomic E-state index is 0.0278. The molecule has 0 radical (unpaired) electrons. The molecule has 0 spiro atoms. The SMILES string of the molecule is CC/C=C\C/C=C\C/C=C\C/C=C\C/C=C\C/C=C\C/C=C\CCCC(=O)OC(COCCCCCCCC/C=C\CCCCCC)COC1OC(COC2OC(CO)C(O)C(O)C2O)C(O)C(O)C1O. The first-order valence-corrected chi connectivity index (χ1v) is 26.8. The third-order valence-corrected chi connectivity index (χ3v) is 12.1. The van der Waals surface area contributed by atoms with Gasteiger partial charge in [0.1, 0.15) is 54.9 Å². The van der Waals surface area contributed by atoms with Crippen LogP contribution in [0, 0.1) is 0 Å². The van der Waals surface area contributed by atoms with Crippen LogP contribution in [0.25, 0.3) is 0 Å². The van der Waals surface area contributed by atoms with Gasteiger partial charge in [-0.05, 0) is 89.9 Å². The second kappa shape index (κ2) is 43.3. The monoisotopic (exact) mass is 1000 g/mol. The Morgan fingerprint density at radius 2 is 0.915 bits per heavy atom. The van der Waals surface area contributed by atoms with E-state index in [4.69, 9.17) is 28.4 Å². The zero-order chi connectivity index (χ0) is 51.6. The molecular weight excluding hydrogens is 909 g/mol. The van der Waals surface area contributed by atoms with E-state index in [0.717, 1.165) is 77.0 Å². The Morgan fingerprint density at radius 1 is 0.479 bits per heavy atom. The smallest absolute Gasteiger partial charge is 0.306 e. The quantitative estimate of drug-likeness (QED) is 0.0174. The zero-order valence-corrected chi connectivity index (χ0v) is 43.2. The number of carbonyl (C=O) groups excluding carboxylic acids is 1. The summed E-state index contributed by atoms with van der Waals surface area (Å²) in [5.41, 5.74) is 0. The predicted molar refractivity (Wildman–Crippen MR) is 279 cm³/mol. The summed E-state index contributed by atoms with van der Waals surface area (Å²) in [6.07, 6.45) is 40.4. The molecule has 2 saturated heterocycles. The van der Waals surface area contributed by atoms with Crippen LogP contribution in [0.5, 0.6) is 0 Å². The third-order valence-electron chi connectivity index (χ3n) is 12.1. The topological polar surface area (TPSA) is 214 Å². The molecule has 14 heteroatoms. The summed E-state index contributed by atoms with van der Waals surface area (Å²) in [5, 5.41) is 72.2. The summed E-state index contributed by atoms with van der Waals surface area (Å²) < 4.78 is 34.2. The van der Waals surface area contributed by atoms with Crippen molar-refractivity contribution in [2.45, 2.75) is 223 Å². The van der Waals surface area contributed by atoms with Gasteiger partial charge in [0, 0.05) is 13.0 Å². The van der Waals surface area contributed by atoms with Crippen LogP contribution < -0.4 is 0 Å². The van der Waals surface area contributed by atoms with Crippen molar-refractivity contribution in [3.8, 4) is 0 Å². The van der Waals surface area contributed by atoms with Crippen LogP contribution in [0.3, 0.4) is 0 Å². The summed E-state index contributed by atoms with van der Waals surface area (Å²) in [6.45, 7) is 3.44. The highest BCUT2D eigenvalue weighted by molar-refractivity contribution is 5.69. The Morgan fingerprint density at radius 3 is 1.45 bits per heavy atom. The fourth-order valence-corrected chi connectivity index (χ4v) is 7.74. The Balaban J connectivity index is 1.78. The number of hydrogen-bond acceptors (Lipinski definition) is 14. The summed E-state index contributed by atoms with van der Waals surface area (Å²) in [6, 6.07) is 0. The minimum atomic E-state index is -1.72. The van der Waals surface area contributed by atoms with E-state index in [9.17, 15) is 40.5 Å². The van der Waals surface area contributed by atoms with E-state index in [0.29, 0.717) is 19.4 Å². The van der Waals surface area contributed by atoms with Crippen LogP contribution in [0.4, 0.5) is 0 Å². The molecule has 0 aromatic rings. The molecular formula is C57H94O14. The number of aliphatic hydroxyl groups excluding tert-OH is 7. The van der Waals surface area contributed by atoms with E-state index in [1.165, 1.54) is 44.9 Å². The molecule has 2 aliphatic heterocycles. The minimum Gasteiger partial charge on any atom is -0.457 e. The lowest BCUT2D eigenvalue weighted by atomic mass is 9.98. The number of rotatable bonds is 41. The number of carbonyl (C=O) groups is 1. The van der Waals surface area contributed by atoms with E-state index in [-0.39, 0.29) is 19.6 Å². The van der Waals surface area contributed by atoms with Crippen LogP contribution >= 0.6 is 0 Å². The van der Waals surface area contributed by atoms with E-state index >= 15 is 0 Å². The normalized spacial score (nSPS) is 26.1. The van der Waals surface area contributed by atoms with Crippen LogP contribution in [-0.2, 0) is 33.2 Å². The molecule has 2 fully saturated rings. The summed E-state index contributed by atoms with van der Waals surface area (Å²) >= 11 is 0. The van der Waals surface area contributed by atoms with Crippen molar-refractivity contribution in [1.82, 2.24) is 0 Å². The van der Waals surface area contributed by atoms with Gasteiger partial charge in [-0.15, -0.1) is 0 Å². The number of ether oxygens (including phenoxy) is 6. The number of allylic oxidation sites excluding steroid dienone is 16. The molecule has 0 bridgehead atoms. The van der Waals surface area contributed by atoms with Gasteiger partial charge < -0.3 is 64.2 Å². The van der Waals surface area contributed by atoms with Crippen molar-refractivity contribution in [2.75, 3.05) is 33.0 Å². The second-order valence-corrected chi connectivity index (χ2v) is 18.3. The van der Waals surface area contributed by atoms with E-state index in [1.54, 1.807) is 0 Å². The number of hydrogen-bond donors (Lipinski definition) is 7. The maximum atomic E-state index is 13.0. The fourth-order valence-electron chi connectivity index (χ4n) is 7.74. The summed E-state index contributed by atoms with van der Waals surface area (Å²) in [5.74, 6) is -0.440. The van der Waals surface area contributed by atoms with E-state index in [1.807, 2.05) is 6.08 Å². The van der Waals surface area contributed by atoms with Gasteiger partial charge in [0.2, 0.25) is 0 Å². The average Bonchev–Trinajstić information content (AvgIpc) is 3.37. The van der Waals surface area contributed by atoms with Crippen LogP contribution in [0.1, 0.15) is 155 Å². The Bertz CT molecular complexity index is 1540. The zero-order valence-electron chi connectivity index (χ0n) is 43.2. The van der Waals surface area contributed by atoms with Gasteiger partial charge in [-0.25, -0.2) is 0 Å². The third kappa shape index (κ3) is 30.6. The maximum absolute atomic E-state index is 13.0. The lowest BCUT2D eigenvalue weighted by molar-refractivity contribution is -0.332. The molecule has 71 heavy (non-hydrogen) atoms. The molecule has 11 atom stereocenters. The molecule has 14 nitrogen and oxygen atoms in total. The van der Waals surface area contributed by atoms with Gasteiger partial charge in [-0.3, -0.25) is 4.79 Å². The average molecular weight is 1000 g/mol. The summed E-state index contributed by atoms with van der Waals surface area (Å²) in [7, 11) is 0. The highest BCUT2D eigenvalue weighted by Crippen LogP contribution is 2.26. The molecule has 7 N–H and O–H groups in total. The molecule has 0 aliphatic carbocycles. The van der Waals surface area contributed by atoms with Crippen molar-refractivity contribution in [1.29, 1.82) is 0 Å². The molecule has 2 aliphatic rings. The lowest BCUT2D eigenvalue weighted by Gasteiger charge is -2.42. The van der Waals surface area contributed by atoms with E-state index < -0.39 is 86.7 Å². The number of aliphatic hydroxyl groups is 7. The van der Waals surface area contributed by atoms with Gasteiger partial charge in [0.25, 0.3) is 0 Å². The van der Waals surface area contributed by atoms with Crippen LogP contribution in [0.15, 0.2) is 97.2 Å². The molecule has 0 saturated carbocycles. The number of unbranched alkanes of at least 4 members (excludes halogenated alkanes) is 11. The predicted octanol–water partition coefficient (Wildman–Crippen LogP) is 8.63. The standard InChI is InChI=1S/C57H94O14/c1-3-5-7-9-11-13-15-17-19-20-21-22-23-24-25-26-27-28-30-32-34-36-38-40-49(59)69-46(43-66-41-39-37-35-33-31-29-18-16-14-12-10-8-6-4-2)44-67-56-55(65)53(63)51(61)48(71-56)45-68-57-54(64)52(62)50(60)47(42-58)70-57/h5,7,11,13-14,16-17,19,21-22,24-25,27-28,32,34,46-48,50-58,60-65H,3-4,6,8-10,12,15,18,20,23,26,29-31,33,35-45H2,1-2H3/b7-5-,13-11-,16-14-,19-17-,22-21-,25-24-,28-27-,34-32-. The van der Waals surface area contributed by atoms with Gasteiger partial charge >= 0.3 is 5.97 Å². The van der Waals surface area contributed by atoms with Crippen molar-refractivity contribution in [2.24, 2.45) is 0 Å². The van der Waals surface area contributed by atoms with Crippen molar-refractivity contribution < 1.29 is 69.0 Å². The molecule has 11 unspecified atom stereocenters. The fraction of sp³-hybridized carbons (Fsp3) is 0.702. The first-order valence-electron chi connectivity index (χ1n) is 26.8. The van der Waals surface area contributed by atoms with Gasteiger partial charge in [0.05, 0.1) is 26.4 Å². The van der Waals surface area contributed by atoms with Crippen molar-refractivity contribution in [3.05, 3.63) is 97.2 Å². The van der Waals surface area contributed by atoms with Crippen LogP contribution in [0.2, 0.25) is 0 Å². The van der Waals surface area contributed by atoms with Crippen molar-refractivity contribution >= 4 is 5.97 Å².